The minimum atomic E-state index is -0.263. The smallest absolute Gasteiger partial charge is 0.255 e. The van der Waals surface area contributed by atoms with Crippen molar-refractivity contribution in [2.24, 2.45) is 0 Å². The molecule has 31 heavy (non-hydrogen) atoms. The van der Waals surface area contributed by atoms with Crippen LogP contribution >= 0.6 is 22.6 Å². The number of nitrogen functional groups attached to an aromatic ring is 1. The molecule has 2 aromatic carbocycles. The Morgan fingerprint density at radius 3 is 2.65 bits per heavy atom. The third-order valence-electron chi connectivity index (χ3n) is 5.62. The summed E-state index contributed by atoms with van der Waals surface area (Å²) in [4.78, 5) is 15.2. The zero-order valence-corrected chi connectivity index (χ0v) is 20.1. The molecule has 3 rings (SSSR count). The van der Waals surface area contributed by atoms with Crippen molar-refractivity contribution >= 4 is 34.2 Å². The SMILES string of the molecule is COc1cc(N)ccc1C(=O)NC1(C)CCN(CCCOc2ccc(F)cc2[125I])CC1. The van der Waals surface area contributed by atoms with Crippen molar-refractivity contribution in [3.63, 3.8) is 0 Å². The lowest BCUT2D eigenvalue weighted by Gasteiger charge is -2.40. The van der Waals surface area contributed by atoms with Crippen molar-refractivity contribution in [2.45, 2.75) is 31.7 Å². The molecule has 0 atom stereocenters. The maximum atomic E-state index is 13.2. The molecule has 0 aromatic heterocycles. The van der Waals surface area contributed by atoms with Crippen molar-refractivity contribution in [1.82, 2.24) is 10.2 Å². The molecule has 1 amide bonds. The van der Waals surface area contributed by atoms with Crippen LogP contribution < -0.4 is 20.5 Å². The Bertz CT molecular complexity index is 917. The lowest BCUT2D eigenvalue weighted by Crippen LogP contribution is -2.53. The Kier molecular flexibility index (Phi) is 7.99. The van der Waals surface area contributed by atoms with Crippen LogP contribution in [-0.2, 0) is 0 Å². The fourth-order valence-electron chi connectivity index (χ4n) is 3.69. The molecule has 8 heteroatoms. The molecule has 0 bridgehead atoms. The molecule has 0 saturated carbocycles. The highest BCUT2D eigenvalue weighted by atomic mass is 125. The number of carbonyl (C=O) groups excluding carboxylic acids is 1. The highest BCUT2D eigenvalue weighted by Gasteiger charge is 2.32. The lowest BCUT2D eigenvalue weighted by atomic mass is 9.89. The molecule has 1 aliphatic heterocycles. The molecule has 6 nitrogen and oxygen atoms in total. The number of methoxy groups -OCH3 is 1. The Morgan fingerprint density at radius 2 is 1.97 bits per heavy atom. The molecule has 0 radical (unpaired) electrons. The number of nitrogens with zero attached hydrogens (tertiary/aromatic N) is 1. The van der Waals surface area contributed by atoms with E-state index in [2.05, 4.69) is 39.7 Å². The topological polar surface area (TPSA) is 76.8 Å². The number of ether oxygens (including phenoxy) is 2. The van der Waals surface area contributed by atoms with Crippen LogP contribution in [0.3, 0.4) is 0 Å². The molecule has 1 fully saturated rings. The normalized spacial score (nSPS) is 16.0. The van der Waals surface area contributed by atoms with E-state index in [9.17, 15) is 9.18 Å². The van der Waals surface area contributed by atoms with Crippen molar-refractivity contribution in [2.75, 3.05) is 39.1 Å². The van der Waals surface area contributed by atoms with Crippen LogP contribution in [0.15, 0.2) is 36.4 Å². The Hall–Kier alpha value is -2.07. The van der Waals surface area contributed by atoms with E-state index in [1.807, 2.05) is 0 Å². The zero-order chi connectivity index (χ0) is 22.4. The van der Waals surface area contributed by atoms with Crippen LogP contribution in [0, 0.1) is 9.39 Å². The van der Waals surface area contributed by atoms with Crippen molar-refractivity contribution in [3.05, 3.63) is 51.3 Å². The van der Waals surface area contributed by atoms with E-state index in [0.29, 0.717) is 29.4 Å². The standard InChI is InChI=1S/C23H29FIN3O3/c1-23(27-22(29)18-6-5-17(26)15-21(18)30-2)8-11-28(12-9-23)10-3-13-31-20-7-4-16(24)14-19(20)25/h4-7,14-15H,3,8-13,26H2,1-2H3,(H,27,29)/i25-2. The monoisotopic (exact) mass is 539 g/mol. The van der Waals surface area contributed by atoms with Gasteiger partial charge in [-0.2, -0.15) is 0 Å². The Labute approximate surface area is 196 Å². The first kappa shape index (κ1) is 23.6. The van der Waals surface area contributed by atoms with E-state index in [-0.39, 0.29) is 17.3 Å². The average molecular weight is 539 g/mol. The average Bonchev–Trinajstić information content (AvgIpc) is 2.73. The molecule has 0 spiro atoms. The summed E-state index contributed by atoms with van der Waals surface area (Å²) in [6.45, 7) is 5.41. The molecule has 0 aliphatic carbocycles. The fourth-order valence-corrected chi connectivity index (χ4v) is 4.33. The van der Waals surface area contributed by atoms with E-state index in [1.54, 1.807) is 24.3 Å². The summed E-state index contributed by atoms with van der Waals surface area (Å²) >= 11 is 2.08. The maximum absolute atomic E-state index is 13.2. The van der Waals surface area contributed by atoms with Gasteiger partial charge < -0.3 is 25.4 Å². The molecule has 1 heterocycles. The first-order chi connectivity index (χ1) is 14.8. The van der Waals surface area contributed by atoms with Gasteiger partial charge in [0.05, 0.1) is 22.9 Å². The minimum Gasteiger partial charge on any atom is -0.496 e. The van der Waals surface area contributed by atoms with Crippen LogP contribution in [0.25, 0.3) is 0 Å². The quantitative estimate of drug-likeness (QED) is 0.301. The number of hydrogen-bond acceptors (Lipinski definition) is 5. The highest BCUT2D eigenvalue weighted by Crippen LogP contribution is 2.26. The summed E-state index contributed by atoms with van der Waals surface area (Å²) in [7, 11) is 1.53. The summed E-state index contributed by atoms with van der Waals surface area (Å²) in [6.07, 6.45) is 2.62. The van der Waals surface area contributed by atoms with Gasteiger partial charge in [0.15, 0.2) is 0 Å². The van der Waals surface area contributed by atoms with Crippen LogP contribution in [0.1, 0.15) is 36.5 Å². The third kappa shape index (κ3) is 6.46. The second-order valence-electron chi connectivity index (χ2n) is 8.09. The number of nitrogens with one attached hydrogen (secondary N) is 1. The molecule has 3 N–H and O–H groups in total. The zero-order valence-electron chi connectivity index (χ0n) is 17.9. The van der Waals surface area contributed by atoms with E-state index >= 15 is 0 Å². The van der Waals surface area contributed by atoms with E-state index in [0.717, 1.165) is 42.5 Å². The second kappa shape index (κ2) is 10.5. The van der Waals surface area contributed by atoms with Crippen LogP contribution in [0.4, 0.5) is 10.1 Å². The van der Waals surface area contributed by atoms with Crippen LogP contribution in [0.2, 0.25) is 0 Å². The molecule has 168 valence electrons. The summed E-state index contributed by atoms with van der Waals surface area (Å²) in [5.41, 5.74) is 6.57. The molecule has 1 saturated heterocycles. The van der Waals surface area contributed by atoms with Gasteiger partial charge in [0.25, 0.3) is 5.91 Å². The van der Waals surface area contributed by atoms with Crippen molar-refractivity contribution < 1.29 is 18.7 Å². The van der Waals surface area contributed by atoms with Gasteiger partial charge in [0.1, 0.15) is 17.3 Å². The van der Waals surface area contributed by atoms with Crippen LogP contribution in [0.5, 0.6) is 11.5 Å². The Balaban J connectivity index is 1.43. The number of likely N-dealkylation sites (tertiary alicyclic amines) is 1. The predicted octanol–water partition coefficient (Wildman–Crippen LogP) is 4.07. The number of rotatable bonds is 8. The summed E-state index contributed by atoms with van der Waals surface area (Å²) in [6, 6.07) is 9.62. The largest absolute Gasteiger partial charge is 0.496 e. The van der Waals surface area contributed by atoms with E-state index < -0.39 is 0 Å². The number of carbonyl (C=O) groups is 1. The second-order valence-corrected chi connectivity index (χ2v) is 9.26. The number of hydrogen-bond donors (Lipinski definition) is 2. The molecular weight excluding hydrogens is 510 g/mol. The van der Waals surface area contributed by atoms with E-state index in [4.69, 9.17) is 15.2 Å². The maximum Gasteiger partial charge on any atom is 0.255 e. The van der Waals surface area contributed by atoms with Gasteiger partial charge in [-0.1, -0.05) is 0 Å². The summed E-state index contributed by atoms with van der Waals surface area (Å²) in [5, 5.41) is 3.18. The van der Waals surface area contributed by atoms with Crippen molar-refractivity contribution in [3.8, 4) is 11.5 Å². The lowest BCUT2D eigenvalue weighted by molar-refractivity contribution is 0.0827. The van der Waals surface area contributed by atoms with Crippen LogP contribution in [-0.4, -0.2) is 49.7 Å². The predicted molar refractivity (Wildman–Crippen MR) is 128 cm³/mol. The van der Waals surface area contributed by atoms with Crippen molar-refractivity contribution in [1.29, 1.82) is 0 Å². The van der Waals surface area contributed by atoms with Gasteiger partial charge in [0.2, 0.25) is 0 Å². The fraction of sp³-hybridized carbons (Fsp3) is 0.435. The first-order valence-corrected chi connectivity index (χ1v) is 11.4. The van der Waals surface area contributed by atoms with Gasteiger partial charge in [-0.05, 0) is 79.1 Å². The van der Waals surface area contributed by atoms with Gasteiger partial charge >= 0.3 is 0 Å². The minimum absolute atomic E-state index is 0.143. The highest BCUT2D eigenvalue weighted by molar-refractivity contribution is 14.1. The summed E-state index contributed by atoms with van der Waals surface area (Å²) in [5.74, 6) is 0.800. The first-order valence-electron chi connectivity index (χ1n) is 10.4. The number of piperidine rings is 1. The number of benzene rings is 2. The molecular formula is C23H29FIN3O3. The summed E-state index contributed by atoms with van der Waals surface area (Å²) < 4.78 is 25.0. The third-order valence-corrected chi connectivity index (χ3v) is 6.46. The van der Waals surface area contributed by atoms with Gasteiger partial charge in [0, 0.05) is 36.9 Å². The Morgan fingerprint density at radius 1 is 1.23 bits per heavy atom. The van der Waals surface area contributed by atoms with Gasteiger partial charge in [-0.25, -0.2) is 4.39 Å². The number of halogens is 2. The van der Waals surface area contributed by atoms with E-state index in [1.165, 1.54) is 19.2 Å². The molecule has 0 unspecified atom stereocenters. The number of nitrogens with two attached hydrogens (primary N) is 1. The number of anilines is 1. The van der Waals surface area contributed by atoms with Gasteiger partial charge in [-0.15, -0.1) is 0 Å². The molecule has 2 aromatic rings. The number of amides is 1. The van der Waals surface area contributed by atoms with Gasteiger partial charge in [-0.3, -0.25) is 4.79 Å². The molecule has 1 aliphatic rings.